The van der Waals surface area contributed by atoms with E-state index in [-0.39, 0.29) is 38.1 Å². The van der Waals surface area contributed by atoms with Crippen LogP contribution in [0.4, 0.5) is 0 Å². The number of carbonyl (C=O) groups is 10. The van der Waals surface area contributed by atoms with Gasteiger partial charge in [0.25, 0.3) is 0 Å². The number of hydrogen-bond donors (Lipinski definition) is 10. The number of rotatable bonds is 26. The fourth-order valence-electron chi connectivity index (χ4n) is 6.32. The summed E-state index contributed by atoms with van der Waals surface area (Å²) < 4.78 is 0. The average Bonchev–Trinajstić information content (AvgIpc) is 3.67. The molecule has 0 spiro atoms. The third kappa shape index (κ3) is 17.2. The molecule has 60 heavy (non-hydrogen) atoms. The van der Waals surface area contributed by atoms with E-state index in [4.69, 9.17) is 11.5 Å². The van der Waals surface area contributed by atoms with Crippen LogP contribution in [-0.2, 0) is 54.4 Å². The fraction of sp³-hybridized carbons (Fsp3) is 0.579. The van der Waals surface area contributed by atoms with E-state index >= 15 is 0 Å². The van der Waals surface area contributed by atoms with Gasteiger partial charge < -0.3 is 58.3 Å². The summed E-state index contributed by atoms with van der Waals surface area (Å²) in [5.41, 5.74) is 11.8. The largest absolute Gasteiger partial charge is 0.481 e. The Bertz CT molecular complexity index is 1720. The quantitative estimate of drug-likeness (QED) is 0.0485. The third-order valence-electron chi connectivity index (χ3n) is 9.36. The van der Waals surface area contributed by atoms with Crippen molar-refractivity contribution in [2.45, 2.75) is 114 Å². The van der Waals surface area contributed by atoms with E-state index in [0.717, 1.165) is 0 Å². The normalized spacial score (nSPS) is 16.6. The molecule has 1 aromatic carbocycles. The molecule has 0 aliphatic carbocycles. The van der Waals surface area contributed by atoms with Crippen molar-refractivity contribution in [2.24, 2.45) is 17.4 Å². The van der Waals surface area contributed by atoms with Crippen molar-refractivity contribution in [3.8, 4) is 0 Å². The third-order valence-corrected chi connectivity index (χ3v) is 10.0. The zero-order chi connectivity index (χ0) is 45.1. The first-order chi connectivity index (χ1) is 28.2. The monoisotopic (exact) mass is 864 g/mol. The number of likely N-dealkylation sites (tertiary alicyclic amines) is 1. The van der Waals surface area contributed by atoms with Crippen LogP contribution in [0.1, 0.15) is 70.8 Å². The van der Waals surface area contributed by atoms with Crippen molar-refractivity contribution >= 4 is 71.0 Å². The van der Waals surface area contributed by atoms with Crippen LogP contribution in [0.15, 0.2) is 30.3 Å². The Morgan fingerprint density at radius 1 is 0.750 bits per heavy atom. The molecule has 2 rings (SSSR count). The van der Waals surface area contributed by atoms with Crippen LogP contribution < -0.4 is 38.1 Å². The van der Waals surface area contributed by atoms with E-state index in [9.17, 15) is 63.3 Å². The maximum absolute atomic E-state index is 14.2. The summed E-state index contributed by atoms with van der Waals surface area (Å²) in [4.78, 5) is 130. The first kappa shape index (κ1) is 50.4. The highest BCUT2D eigenvalue weighted by atomic mass is 32.2. The van der Waals surface area contributed by atoms with Gasteiger partial charge >= 0.3 is 17.9 Å². The Labute approximate surface area is 350 Å². The van der Waals surface area contributed by atoms with Gasteiger partial charge in [-0.05, 0) is 55.6 Å². The first-order valence-electron chi connectivity index (χ1n) is 19.3. The summed E-state index contributed by atoms with van der Waals surface area (Å²) in [6.45, 7) is 3.64. The Morgan fingerprint density at radius 2 is 1.32 bits per heavy atom. The zero-order valence-electron chi connectivity index (χ0n) is 33.7. The topological polar surface area (TPSA) is 347 Å². The van der Waals surface area contributed by atoms with Crippen molar-refractivity contribution in [1.29, 1.82) is 0 Å². The lowest BCUT2D eigenvalue weighted by Gasteiger charge is -2.30. The molecule has 1 aromatic rings. The average molecular weight is 865 g/mol. The van der Waals surface area contributed by atoms with Crippen LogP contribution in [0.25, 0.3) is 0 Å². The van der Waals surface area contributed by atoms with E-state index < -0.39 is 127 Å². The Kier molecular flexibility index (Phi) is 21.0. The lowest BCUT2D eigenvalue weighted by molar-refractivity contribution is -0.145. The number of carbonyl (C=O) groups excluding carboxylic acids is 7. The lowest BCUT2D eigenvalue weighted by Crippen LogP contribution is -2.60. The number of nitrogens with two attached hydrogens (primary N) is 2. The molecule has 0 radical (unpaired) electrons. The number of nitrogens with zero attached hydrogens (tertiary/aromatic N) is 1. The van der Waals surface area contributed by atoms with Crippen LogP contribution >= 0.6 is 11.8 Å². The Hall–Kier alpha value is -5.77. The lowest BCUT2D eigenvalue weighted by atomic mass is 10.0. The number of thioether (sulfide) groups is 1. The molecule has 22 heteroatoms. The second-order valence-electron chi connectivity index (χ2n) is 14.7. The number of benzene rings is 1. The van der Waals surface area contributed by atoms with Crippen molar-refractivity contribution in [1.82, 2.24) is 31.5 Å². The van der Waals surface area contributed by atoms with Gasteiger partial charge in [0, 0.05) is 19.4 Å². The molecule has 1 aliphatic heterocycles. The zero-order valence-corrected chi connectivity index (χ0v) is 34.5. The molecule has 7 amide bonds. The number of primary amides is 1. The molecule has 332 valence electrons. The van der Waals surface area contributed by atoms with E-state index in [2.05, 4.69) is 26.6 Å². The molecule has 1 aliphatic rings. The van der Waals surface area contributed by atoms with E-state index in [1.165, 1.54) is 16.7 Å². The van der Waals surface area contributed by atoms with Gasteiger partial charge in [-0.15, -0.1) is 0 Å². The minimum Gasteiger partial charge on any atom is -0.481 e. The fourth-order valence-corrected chi connectivity index (χ4v) is 6.81. The minimum atomic E-state index is -1.92. The smallest absolute Gasteiger partial charge is 0.326 e. The Balaban J connectivity index is 2.39. The van der Waals surface area contributed by atoms with Crippen LogP contribution in [0.3, 0.4) is 0 Å². The maximum Gasteiger partial charge on any atom is 0.326 e. The predicted octanol–water partition coefficient (Wildman–Crippen LogP) is -1.93. The number of aliphatic carboxylic acids is 3. The first-order valence-corrected chi connectivity index (χ1v) is 20.7. The molecule has 0 saturated carbocycles. The van der Waals surface area contributed by atoms with Crippen LogP contribution in [0.5, 0.6) is 0 Å². The molecular weight excluding hydrogens is 809 g/mol. The number of carboxylic acids is 3. The van der Waals surface area contributed by atoms with Gasteiger partial charge in [0.1, 0.15) is 36.3 Å². The number of amides is 7. The number of nitrogens with one attached hydrogen (secondary N) is 5. The van der Waals surface area contributed by atoms with Gasteiger partial charge in [-0.25, -0.2) is 4.79 Å². The van der Waals surface area contributed by atoms with Gasteiger partial charge in [0.05, 0.1) is 18.9 Å². The highest BCUT2D eigenvalue weighted by Crippen LogP contribution is 2.21. The molecule has 7 atom stereocenters. The van der Waals surface area contributed by atoms with Gasteiger partial charge in [0.15, 0.2) is 0 Å². The van der Waals surface area contributed by atoms with Crippen molar-refractivity contribution in [3.05, 3.63) is 35.9 Å². The molecule has 12 N–H and O–H groups in total. The van der Waals surface area contributed by atoms with E-state index in [1.807, 2.05) is 0 Å². The van der Waals surface area contributed by atoms with Gasteiger partial charge in [0.2, 0.25) is 41.4 Å². The summed E-state index contributed by atoms with van der Waals surface area (Å²) in [7, 11) is 0. The van der Waals surface area contributed by atoms with Crippen LogP contribution in [0, 0.1) is 5.92 Å². The van der Waals surface area contributed by atoms with Gasteiger partial charge in [-0.2, -0.15) is 11.8 Å². The van der Waals surface area contributed by atoms with Gasteiger partial charge in [-0.3, -0.25) is 43.2 Å². The summed E-state index contributed by atoms with van der Waals surface area (Å²) >= 11 is 1.41. The predicted molar refractivity (Wildman–Crippen MR) is 216 cm³/mol. The molecular formula is C38H56N8O13S. The van der Waals surface area contributed by atoms with E-state index in [0.29, 0.717) is 17.7 Å². The standard InChI is InChI=1S/C38H56N8O13S/c1-20(2)16-27(38(58)59)45-36(56)28-10-7-14-46(28)37(57)26(17-21-8-5-4-6-9-21)44-35(55)25(19-31(50)51)43-34(54)24(18-29(40)47)42-33(53)23(11-12-30(48)49)41-32(52)22(39)13-15-60-3/h4-6,8-9,20,22-28H,7,10-19,39H2,1-3H3,(H2,40,47)(H,41,52)(H,42,53)(H,43,54)(H,44,55)(H,45,56)(H,48,49)(H,50,51)(H,58,59)/t22-,23-,24-,25-,26-,27-,28-/m0/s1. The minimum absolute atomic E-state index is 0.0709. The molecule has 21 nitrogen and oxygen atoms in total. The summed E-state index contributed by atoms with van der Waals surface area (Å²) in [5, 5.41) is 40.3. The maximum atomic E-state index is 14.2. The number of hydrogen-bond acceptors (Lipinski definition) is 12. The summed E-state index contributed by atoms with van der Waals surface area (Å²) in [5.74, 6) is -10.6. The molecule has 1 heterocycles. The molecule has 0 bridgehead atoms. The highest BCUT2D eigenvalue weighted by Gasteiger charge is 2.40. The molecule has 1 saturated heterocycles. The SMILES string of the molecule is CSCC[C@H](N)C(=O)N[C@@H](CCC(=O)O)C(=O)N[C@@H](CC(N)=O)C(=O)N[C@@H](CC(=O)O)C(=O)N[C@@H](Cc1ccccc1)C(=O)N1CCC[C@H]1C(=O)N[C@@H](CC(C)C)C(=O)O. The van der Waals surface area contributed by atoms with E-state index in [1.54, 1.807) is 50.4 Å². The summed E-state index contributed by atoms with van der Waals surface area (Å²) in [6.07, 6.45) is -0.438. The molecule has 0 aromatic heterocycles. The van der Waals surface area contributed by atoms with Crippen molar-refractivity contribution < 1.29 is 63.3 Å². The second kappa shape index (κ2) is 25.0. The van der Waals surface area contributed by atoms with Crippen LogP contribution in [0.2, 0.25) is 0 Å². The Morgan fingerprint density at radius 3 is 1.85 bits per heavy atom. The van der Waals surface area contributed by atoms with Crippen molar-refractivity contribution in [2.75, 3.05) is 18.6 Å². The van der Waals surface area contributed by atoms with Gasteiger partial charge in [-0.1, -0.05) is 44.2 Å². The van der Waals surface area contributed by atoms with Crippen LogP contribution in [-0.4, -0.2) is 140 Å². The highest BCUT2D eigenvalue weighted by molar-refractivity contribution is 7.98. The number of carboxylic acid groups (broad SMARTS) is 3. The second-order valence-corrected chi connectivity index (χ2v) is 15.7. The molecule has 1 fully saturated rings. The van der Waals surface area contributed by atoms with Crippen molar-refractivity contribution in [3.63, 3.8) is 0 Å². The summed E-state index contributed by atoms with van der Waals surface area (Å²) in [6, 6.07) is -1.79. The molecule has 0 unspecified atom stereocenters.